The maximum Gasteiger partial charge on any atom is 0.408 e. The lowest BCUT2D eigenvalue weighted by Crippen LogP contribution is -2.54. The number of anilines is 1. The summed E-state index contributed by atoms with van der Waals surface area (Å²) in [5, 5.41) is 5.85. The van der Waals surface area contributed by atoms with Gasteiger partial charge in [-0.25, -0.2) is 4.79 Å². The molecule has 2 atom stereocenters. The molecule has 222 valence electrons. The van der Waals surface area contributed by atoms with E-state index in [-0.39, 0.29) is 24.3 Å². The first-order valence-electron chi connectivity index (χ1n) is 14.3. The minimum atomic E-state index is -0.941. The van der Waals surface area contributed by atoms with Crippen LogP contribution in [0, 0.1) is 13.8 Å². The van der Waals surface area contributed by atoms with Gasteiger partial charge in [0.25, 0.3) is 5.91 Å². The van der Waals surface area contributed by atoms with Crippen molar-refractivity contribution in [2.45, 2.75) is 77.6 Å². The highest BCUT2D eigenvalue weighted by Gasteiger charge is 2.45. The summed E-state index contributed by atoms with van der Waals surface area (Å²) in [5.41, 5.74) is 3.33. The van der Waals surface area contributed by atoms with Gasteiger partial charge in [0.15, 0.2) is 0 Å². The predicted molar refractivity (Wildman–Crippen MR) is 163 cm³/mol. The van der Waals surface area contributed by atoms with E-state index in [4.69, 9.17) is 9.47 Å². The quantitative estimate of drug-likeness (QED) is 0.306. The van der Waals surface area contributed by atoms with Crippen molar-refractivity contribution < 1.29 is 23.9 Å². The summed E-state index contributed by atoms with van der Waals surface area (Å²) in [6.45, 7) is 9.23. The molecule has 3 amide bonds. The van der Waals surface area contributed by atoms with Crippen LogP contribution in [0.4, 0.5) is 10.5 Å². The van der Waals surface area contributed by atoms with E-state index in [0.29, 0.717) is 11.4 Å². The van der Waals surface area contributed by atoms with Gasteiger partial charge in [0.2, 0.25) is 5.91 Å². The fraction of sp³-hybridized carbons (Fsp3) is 0.382. The summed E-state index contributed by atoms with van der Waals surface area (Å²) in [7, 11) is 1.58. The molecule has 3 aromatic rings. The second-order valence-electron chi connectivity index (χ2n) is 11.8. The molecule has 2 unspecified atom stereocenters. The molecular weight excluding hydrogens is 530 g/mol. The highest BCUT2D eigenvalue weighted by molar-refractivity contribution is 5.99. The van der Waals surface area contributed by atoms with Crippen LogP contribution in [0.3, 0.4) is 0 Å². The number of hydrogen-bond donors (Lipinski definition) is 2. The molecule has 0 aromatic heterocycles. The van der Waals surface area contributed by atoms with E-state index < -0.39 is 23.8 Å². The van der Waals surface area contributed by atoms with Crippen molar-refractivity contribution in [1.29, 1.82) is 0 Å². The molecule has 1 saturated carbocycles. The fourth-order valence-electron chi connectivity index (χ4n) is 5.09. The summed E-state index contributed by atoms with van der Waals surface area (Å²) in [5.74, 6) is 0.0179. The zero-order chi connectivity index (χ0) is 30.4. The average Bonchev–Trinajstić information content (AvgIpc) is 3.77. The SMILES string of the molecule is COc1ccc(NC(=O)C(c2c(C)cccc2C)N(C(=O)C(Cc2ccccc2)NC(=O)OC(C)(C)C)C2CC2)cc1. The number of hydrogen-bond acceptors (Lipinski definition) is 5. The average molecular weight is 572 g/mol. The Hall–Kier alpha value is -4.33. The number of rotatable bonds is 10. The van der Waals surface area contributed by atoms with Gasteiger partial charge in [0, 0.05) is 18.2 Å². The van der Waals surface area contributed by atoms with Crippen LogP contribution in [0.15, 0.2) is 72.8 Å². The van der Waals surface area contributed by atoms with Crippen molar-refractivity contribution in [3.63, 3.8) is 0 Å². The molecule has 1 aliphatic carbocycles. The van der Waals surface area contributed by atoms with E-state index in [2.05, 4.69) is 10.6 Å². The molecule has 0 radical (unpaired) electrons. The van der Waals surface area contributed by atoms with Gasteiger partial charge in [0.1, 0.15) is 23.4 Å². The van der Waals surface area contributed by atoms with Crippen LogP contribution in [0.5, 0.6) is 5.75 Å². The summed E-state index contributed by atoms with van der Waals surface area (Å²) < 4.78 is 10.8. The maximum absolute atomic E-state index is 14.6. The van der Waals surface area contributed by atoms with E-state index in [1.807, 2.05) is 62.4 Å². The van der Waals surface area contributed by atoms with Crippen molar-refractivity contribution in [3.05, 3.63) is 95.1 Å². The third-order valence-corrected chi connectivity index (χ3v) is 7.17. The van der Waals surface area contributed by atoms with Crippen LogP contribution < -0.4 is 15.4 Å². The number of benzene rings is 3. The Bertz CT molecular complexity index is 1370. The predicted octanol–water partition coefficient (Wildman–Crippen LogP) is 6.12. The Morgan fingerprint density at radius 3 is 2.07 bits per heavy atom. The Morgan fingerprint density at radius 1 is 0.905 bits per heavy atom. The van der Waals surface area contributed by atoms with Crippen LogP contribution in [-0.2, 0) is 20.7 Å². The smallest absolute Gasteiger partial charge is 0.408 e. The van der Waals surface area contributed by atoms with Crippen molar-refractivity contribution >= 4 is 23.6 Å². The number of amides is 3. The topological polar surface area (TPSA) is 97.0 Å². The van der Waals surface area contributed by atoms with Gasteiger partial charge in [-0.15, -0.1) is 0 Å². The van der Waals surface area contributed by atoms with Crippen molar-refractivity contribution in [1.82, 2.24) is 10.2 Å². The second-order valence-corrected chi connectivity index (χ2v) is 11.8. The molecule has 2 N–H and O–H groups in total. The van der Waals surface area contributed by atoms with Crippen molar-refractivity contribution in [3.8, 4) is 5.75 Å². The third-order valence-electron chi connectivity index (χ3n) is 7.17. The van der Waals surface area contributed by atoms with E-state index in [9.17, 15) is 14.4 Å². The van der Waals surface area contributed by atoms with Gasteiger partial charge in [-0.05, 0) is 94.0 Å². The first-order chi connectivity index (χ1) is 20.0. The Balaban J connectivity index is 1.74. The number of aryl methyl sites for hydroxylation is 2. The van der Waals surface area contributed by atoms with Gasteiger partial charge in [0.05, 0.1) is 7.11 Å². The Morgan fingerprint density at radius 2 is 1.52 bits per heavy atom. The van der Waals surface area contributed by atoms with Crippen LogP contribution in [0.2, 0.25) is 0 Å². The molecule has 1 fully saturated rings. The third kappa shape index (κ3) is 7.90. The van der Waals surface area contributed by atoms with Crippen molar-refractivity contribution in [2.75, 3.05) is 12.4 Å². The first kappa shape index (κ1) is 30.6. The molecule has 0 heterocycles. The summed E-state index contributed by atoms with van der Waals surface area (Å²) in [6, 6.07) is 20.5. The molecule has 8 heteroatoms. The summed E-state index contributed by atoms with van der Waals surface area (Å²) in [6.07, 6.45) is 1.11. The van der Waals surface area contributed by atoms with E-state index >= 15 is 0 Å². The van der Waals surface area contributed by atoms with Gasteiger partial charge >= 0.3 is 6.09 Å². The molecule has 0 spiro atoms. The minimum absolute atomic E-state index is 0.137. The van der Waals surface area contributed by atoms with Gasteiger partial charge in [-0.1, -0.05) is 48.5 Å². The zero-order valence-electron chi connectivity index (χ0n) is 25.3. The molecule has 0 saturated heterocycles. The molecule has 8 nitrogen and oxygen atoms in total. The molecular formula is C34H41N3O5. The molecule has 1 aliphatic rings. The van der Waals surface area contributed by atoms with Crippen LogP contribution in [0.1, 0.15) is 61.9 Å². The van der Waals surface area contributed by atoms with Crippen molar-refractivity contribution in [2.24, 2.45) is 0 Å². The number of carbonyl (C=O) groups excluding carboxylic acids is 3. The molecule has 0 bridgehead atoms. The molecule has 0 aliphatic heterocycles. The summed E-state index contributed by atoms with van der Waals surface area (Å²) in [4.78, 5) is 43.4. The normalized spacial score (nSPS) is 14.3. The Labute approximate surface area is 248 Å². The lowest BCUT2D eigenvalue weighted by atomic mass is 9.93. The maximum atomic E-state index is 14.6. The van der Waals surface area contributed by atoms with E-state index in [1.54, 1.807) is 57.0 Å². The molecule has 4 rings (SSSR count). The van der Waals surface area contributed by atoms with Crippen LogP contribution >= 0.6 is 0 Å². The van der Waals surface area contributed by atoms with Gasteiger partial charge in [-0.2, -0.15) is 0 Å². The number of nitrogens with one attached hydrogen (secondary N) is 2. The number of alkyl carbamates (subject to hydrolysis) is 1. The lowest BCUT2D eigenvalue weighted by Gasteiger charge is -2.36. The lowest BCUT2D eigenvalue weighted by molar-refractivity contribution is -0.141. The van der Waals surface area contributed by atoms with Gasteiger partial charge < -0.3 is 25.0 Å². The minimum Gasteiger partial charge on any atom is -0.497 e. The monoisotopic (exact) mass is 571 g/mol. The van der Waals surface area contributed by atoms with Crippen LogP contribution in [-0.4, -0.2) is 47.6 Å². The summed E-state index contributed by atoms with van der Waals surface area (Å²) >= 11 is 0. The number of carbonyl (C=O) groups is 3. The number of nitrogens with zero attached hydrogens (tertiary/aromatic N) is 1. The van der Waals surface area contributed by atoms with E-state index in [0.717, 1.165) is 35.1 Å². The number of methoxy groups -OCH3 is 1. The zero-order valence-corrected chi connectivity index (χ0v) is 25.3. The van der Waals surface area contributed by atoms with E-state index in [1.165, 1.54) is 0 Å². The first-order valence-corrected chi connectivity index (χ1v) is 14.3. The van der Waals surface area contributed by atoms with Gasteiger partial charge in [-0.3, -0.25) is 9.59 Å². The standard InChI is InChI=1S/C34H41N3O5/c1-22-11-10-12-23(2)29(22)30(31(38)35-25-15-19-27(41-6)20-16-25)37(26-17-18-26)32(39)28(21-24-13-8-7-9-14-24)36-33(40)42-34(3,4)5/h7-16,19-20,26,28,30H,17-18,21H2,1-6H3,(H,35,38)(H,36,40). The van der Waals surface area contributed by atoms with Crippen LogP contribution in [0.25, 0.3) is 0 Å². The highest BCUT2D eigenvalue weighted by atomic mass is 16.6. The Kier molecular flexibility index (Phi) is 9.55. The second kappa shape index (κ2) is 13.1. The molecule has 42 heavy (non-hydrogen) atoms. The highest BCUT2D eigenvalue weighted by Crippen LogP contribution is 2.38. The fourth-order valence-corrected chi connectivity index (χ4v) is 5.09. The molecule has 3 aromatic carbocycles. The number of ether oxygens (including phenoxy) is 2. The largest absolute Gasteiger partial charge is 0.497 e.